The molecule has 5 nitrogen and oxygen atoms in total. The van der Waals surface area contributed by atoms with Crippen LogP contribution >= 0.6 is 0 Å². The topological polar surface area (TPSA) is 68.0 Å². The van der Waals surface area contributed by atoms with Crippen LogP contribution < -0.4 is 15.4 Å². The number of para-hydroxylation sites is 1. The fourth-order valence-electron chi connectivity index (χ4n) is 1.88. The molecule has 0 radical (unpaired) electrons. The van der Waals surface area contributed by atoms with Gasteiger partial charge in [-0.3, -0.25) is 0 Å². The third-order valence-corrected chi connectivity index (χ3v) is 2.66. The second kappa shape index (κ2) is 7.21. The van der Waals surface area contributed by atoms with Gasteiger partial charge in [0.1, 0.15) is 5.75 Å². The van der Waals surface area contributed by atoms with Crippen molar-refractivity contribution in [2.45, 2.75) is 26.1 Å². The average molecular weight is 268 g/mol. The molecule has 0 fully saturated rings. The van der Waals surface area contributed by atoms with Gasteiger partial charge in [0.25, 0.3) is 0 Å². The Hall–Kier alpha value is -1.46. The highest BCUT2D eigenvalue weighted by Gasteiger charge is 2.14. The molecule has 1 unspecified atom stereocenters. The minimum atomic E-state index is -0.552. The summed E-state index contributed by atoms with van der Waals surface area (Å²) < 4.78 is 10.6. The summed E-state index contributed by atoms with van der Waals surface area (Å²) in [6, 6.07) is 5.64. The maximum Gasteiger partial charge on any atom is 0.144 e. The van der Waals surface area contributed by atoms with E-state index < -0.39 is 6.10 Å². The Kier molecular flexibility index (Phi) is 5.92. The Morgan fingerprint density at radius 1 is 1.37 bits per heavy atom. The zero-order chi connectivity index (χ0) is 14.4. The quantitative estimate of drug-likeness (QED) is 0.734. The molecule has 0 spiro atoms. The van der Waals surface area contributed by atoms with Gasteiger partial charge < -0.3 is 25.2 Å². The second-order valence-corrected chi connectivity index (χ2v) is 4.85. The lowest BCUT2D eigenvalue weighted by Crippen LogP contribution is -2.32. The van der Waals surface area contributed by atoms with Crippen molar-refractivity contribution in [2.24, 2.45) is 0 Å². The molecular formula is C14H24N2O3. The summed E-state index contributed by atoms with van der Waals surface area (Å²) in [6.07, 6.45) is -0.481. The molecule has 0 aliphatic carbocycles. The van der Waals surface area contributed by atoms with Gasteiger partial charge in [-0.05, 0) is 26.0 Å². The van der Waals surface area contributed by atoms with Crippen LogP contribution in [0.15, 0.2) is 18.2 Å². The number of nitrogen functional groups attached to an aromatic ring is 1. The summed E-state index contributed by atoms with van der Waals surface area (Å²) >= 11 is 0. The number of benzene rings is 1. The van der Waals surface area contributed by atoms with E-state index in [9.17, 15) is 5.11 Å². The summed E-state index contributed by atoms with van der Waals surface area (Å²) in [5, 5.41) is 9.75. The van der Waals surface area contributed by atoms with Crippen molar-refractivity contribution in [3.05, 3.63) is 18.2 Å². The third-order valence-electron chi connectivity index (χ3n) is 2.66. The molecule has 0 bridgehead atoms. The van der Waals surface area contributed by atoms with E-state index in [1.54, 1.807) is 7.11 Å². The van der Waals surface area contributed by atoms with Gasteiger partial charge in [-0.2, -0.15) is 0 Å². The van der Waals surface area contributed by atoms with Gasteiger partial charge in [0.2, 0.25) is 0 Å². The van der Waals surface area contributed by atoms with Crippen molar-refractivity contribution in [3.63, 3.8) is 0 Å². The maximum absolute atomic E-state index is 9.75. The average Bonchev–Trinajstić information content (AvgIpc) is 2.31. The number of ether oxygens (including phenoxy) is 2. The minimum absolute atomic E-state index is 0.0712. The highest BCUT2D eigenvalue weighted by Crippen LogP contribution is 2.32. The first-order valence-electron chi connectivity index (χ1n) is 6.39. The molecule has 0 amide bonds. The van der Waals surface area contributed by atoms with Crippen molar-refractivity contribution in [3.8, 4) is 5.75 Å². The van der Waals surface area contributed by atoms with Crippen molar-refractivity contribution in [2.75, 3.05) is 37.9 Å². The molecule has 0 aromatic heterocycles. The van der Waals surface area contributed by atoms with E-state index in [4.69, 9.17) is 15.2 Å². The van der Waals surface area contributed by atoms with E-state index in [1.807, 2.05) is 44.0 Å². The number of aliphatic hydroxyl groups is 1. The van der Waals surface area contributed by atoms with E-state index in [-0.39, 0.29) is 6.10 Å². The second-order valence-electron chi connectivity index (χ2n) is 4.85. The molecule has 1 rings (SSSR count). The molecule has 19 heavy (non-hydrogen) atoms. The van der Waals surface area contributed by atoms with Gasteiger partial charge in [-0.25, -0.2) is 0 Å². The van der Waals surface area contributed by atoms with E-state index in [0.717, 1.165) is 5.69 Å². The first kappa shape index (κ1) is 15.6. The maximum atomic E-state index is 9.75. The number of hydrogen-bond acceptors (Lipinski definition) is 5. The van der Waals surface area contributed by atoms with Crippen LogP contribution in [-0.2, 0) is 4.74 Å². The largest absolute Gasteiger partial charge is 0.489 e. The van der Waals surface area contributed by atoms with Crippen molar-refractivity contribution < 1.29 is 14.6 Å². The van der Waals surface area contributed by atoms with Gasteiger partial charge in [0.05, 0.1) is 30.2 Å². The molecule has 0 saturated carbocycles. The fraction of sp³-hybridized carbons (Fsp3) is 0.571. The van der Waals surface area contributed by atoms with Crippen molar-refractivity contribution >= 4 is 11.4 Å². The van der Waals surface area contributed by atoms with Crippen LogP contribution in [0.2, 0.25) is 0 Å². The van der Waals surface area contributed by atoms with Gasteiger partial charge >= 0.3 is 0 Å². The van der Waals surface area contributed by atoms with Crippen molar-refractivity contribution in [1.82, 2.24) is 0 Å². The van der Waals surface area contributed by atoms with Gasteiger partial charge in [0.15, 0.2) is 0 Å². The van der Waals surface area contributed by atoms with E-state index in [2.05, 4.69) is 0 Å². The highest BCUT2D eigenvalue weighted by atomic mass is 16.5. The molecule has 0 saturated heterocycles. The Bertz CT molecular complexity index is 396. The van der Waals surface area contributed by atoms with Gasteiger partial charge in [-0.1, -0.05) is 6.07 Å². The van der Waals surface area contributed by atoms with Crippen LogP contribution in [0.4, 0.5) is 11.4 Å². The van der Waals surface area contributed by atoms with E-state index in [1.165, 1.54) is 0 Å². The number of likely N-dealkylation sites (N-methyl/N-ethyl adjacent to an activating group) is 1. The number of anilines is 2. The SMILES string of the molecule is COCC(O)CN(C)c1cccc(OC(C)C)c1N. The monoisotopic (exact) mass is 268 g/mol. The number of rotatable bonds is 7. The van der Waals surface area contributed by atoms with Crippen LogP contribution in [0.1, 0.15) is 13.8 Å². The van der Waals surface area contributed by atoms with Crippen LogP contribution in [-0.4, -0.2) is 44.6 Å². The lowest BCUT2D eigenvalue weighted by atomic mass is 10.2. The van der Waals surface area contributed by atoms with Crippen LogP contribution in [0, 0.1) is 0 Å². The molecule has 1 atom stereocenters. The van der Waals surface area contributed by atoms with Gasteiger partial charge in [-0.15, -0.1) is 0 Å². The molecule has 5 heteroatoms. The predicted molar refractivity (Wildman–Crippen MR) is 77.8 cm³/mol. The standard InChI is InChI=1S/C14H24N2O3/c1-10(2)19-13-7-5-6-12(14(13)15)16(3)8-11(17)9-18-4/h5-7,10-11,17H,8-9,15H2,1-4H3. The summed E-state index contributed by atoms with van der Waals surface area (Å²) in [7, 11) is 3.44. The third kappa shape index (κ3) is 4.61. The first-order chi connectivity index (χ1) is 8.95. The zero-order valence-corrected chi connectivity index (χ0v) is 12.1. The highest BCUT2D eigenvalue weighted by molar-refractivity contribution is 5.73. The number of aliphatic hydroxyl groups excluding tert-OH is 1. The Morgan fingerprint density at radius 3 is 2.63 bits per heavy atom. The van der Waals surface area contributed by atoms with Gasteiger partial charge in [0, 0.05) is 20.7 Å². The fourth-order valence-corrected chi connectivity index (χ4v) is 1.88. The molecular weight excluding hydrogens is 244 g/mol. The van der Waals surface area contributed by atoms with Crippen molar-refractivity contribution in [1.29, 1.82) is 0 Å². The molecule has 1 aromatic carbocycles. The Morgan fingerprint density at radius 2 is 2.05 bits per heavy atom. The van der Waals surface area contributed by atoms with Crippen LogP contribution in [0.25, 0.3) is 0 Å². The lowest BCUT2D eigenvalue weighted by molar-refractivity contribution is 0.0695. The molecule has 1 aromatic rings. The number of nitrogens with two attached hydrogens (primary N) is 1. The summed E-state index contributed by atoms with van der Waals surface area (Å²) in [4.78, 5) is 1.90. The smallest absolute Gasteiger partial charge is 0.144 e. The van der Waals surface area contributed by atoms with E-state index >= 15 is 0 Å². The Labute approximate surface area is 114 Å². The molecule has 108 valence electrons. The first-order valence-corrected chi connectivity index (χ1v) is 6.39. The van der Waals surface area contributed by atoms with E-state index in [0.29, 0.717) is 24.6 Å². The molecule has 0 heterocycles. The number of methoxy groups -OCH3 is 1. The predicted octanol–water partition coefficient (Wildman–Crippen LogP) is 1.50. The molecule has 0 aliphatic heterocycles. The summed E-state index contributed by atoms with van der Waals surface area (Å²) in [6.45, 7) is 4.66. The normalized spacial score (nSPS) is 12.5. The van der Waals surface area contributed by atoms with Crippen LogP contribution in [0.5, 0.6) is 5.75 Å². The summed E-state index contributed by atoms with van der Waals surface area (Å²) in [5.74, 6) is 0.667. The zero-order valence-electron chi connectivity index (χ0n) is 12.1. The summed E-state index contributed by atoms with van der Waals surface area (Å²) in [5.41, 5.74) is 7.53. The minimum Gasteiger partial charge on any atom is -0.489 e. The Balaban J connectivity index is 2.82. The molecule has 3 N–H and O–H groups in total. The lowest BCUT2D eigenvalue weighted by Gasteiger charge is -2.25. The van der Waals surface area contributed by atoms with Crippen LogP contribution in [0.3, 0.4) is 0 Å². The molecule has 0 aliphatic rings. The number of hydrogen-bond donors (Lipinski definition) is 2. The number of nitrogens with zero attached hydrogens (tertiary/aromatic N) is 1.